The molecule has 0 aliphatic carbocycles. The van der Waals surface area contributed by atoms with Gasteiger partial charge in [0.05, 0.1) is 6.61 Å². The average Bonchev–Trinajstić information content (AvgIpc) is 2.86. The summed E-state index contributed by atoms with van der Waals surface area (Å²) in [5, 5.41) is 3.33. The van der Waals surface area contributed by atoms with Gasteiger partial charge in [-0.2, -0.15) is 0 Å². The van der Waals surface area contributed by atoms with E-state index in [9.17, 15) is 9.59 Å². The van der Waals surface area contributed by atoms with Crippen LogP contribution in [0.2, 0.25) is 0 Å². The second-order valence-electron chi connectivity index (χ2n) is 5.35. The first-order valence-corrected chi connectivity index (χ1v) is 7.51. The minimum Gasteiger partial charge on any atom is -0.493 e. The number of hydrogen-bond donors (Lipinski definition) is 3. The molecule has 1 aromatic carbocycles. The number of fused-ring (bicyclic) bond motifs is 1. The van der Waals surface area contributed by atoms with E-state index in [1.807, 2.05) is 12.1 Å². The van der Waals surface area contributed by atoms with Crippen LogP contribution in [0.4, 0.5) is 0 Å². The van der Waals surface area contributed by atoms with Crippen LogP contribution in [-0.2, 0) is 22.6 Å². The lowest BCUT2D eigenvalue weighted by molar-refractivity contribution is -0.117. The highest BCUT2D eigenvalue weighted by Crippen LogP contribution is 2.30. The van der Waals surface area contributed by atoms with Crippen molar-refractivity contribution in [3.63, 3.8) is 0 Å². The number of carbonyl (C=O) groups excluding carboxylic acids is 2. The van der Waals surface area contributed by atoms with Crippen LogP contribution in [-0.4, -0.2) is 25.0 Å². The highest BCUT2D eigenvalue weighted by atomic mass is 16.5. The molecule has 0 bridgehead atoms. The maximum atomic E-state index is 11.7. The van der Waals surface area contributed by atoms with E-state index in [0.29, 0.717) is 13.2 Å². The number of hydrazine groups is 1. The van der Waals surface area contributed by atoms with E-state index in [4.69, 9.17) is 4.74 Å². The Kier molecular flexibility index (Phi) is 4.11. The first-order valence-electron chi connectivity index (χ1n) is 7.51. The maximum absolute atomic E-state index is 11.7. The van der Waals surface area contributed by atoms with Crippen LogP contribution >= 0.6 is 0 Å². The third kappa shape index (κ3) is 2.69. The van der Waals surface area contributed by atoms with Gasteiger partial charge < -0.3 is 10.1 Å². The van der Waals surface area contributed by atoms with Crippen LogP contribution in [0.3, 0.4) is 0 Å². The first kappa shape index (κ1) is 14.6. The van der Waals surface area contributed by atoms with Crippen molar-refractivity contribution in [2.24, 2.45) is 0 Å². The van der Waals surface area contributed by atoms with Crippen LogP contribution in [0.25, 0.3) is 6.08 Å². The number of ether oxygens (including phenoxy) is 1. The fraction of sp³-hybridized carbons (Fsp3) is 0.375. The van der Waals surface area contributed by atoms with Crippen molar-refractivity contribution >= 4 is 17.9 Å². The van der Waals surface area contributed by atoms with Crippen molar-refractivity contribution in [2.75, 3.05) is 13.2 Å². The molecule has 1 aromatic rings. The number of nitrogens with one attached hydrogen (secondary N) is 3. The molecule has 0 aromatic heterocycles. The molecule has 1 fully saturated rings. The summed E-state index contributed by atoms with van der Waals surface area (Å²) in [6.45, 7) is 4.37. The van der Waals surface area contributed by atoms with Gasteiger partial charge in [-0.05, 0) is 42.7 Å². The molecule has 3 rings (SSSR count). The van der Waals surface area contributed by atoms with E-state index < -0.39 is 11.8 Å². The van der Waals surface area contributed by atoms with Gasteiger partial charge in [-0.25, -0.2) is 0 Å². The predicted octanol–water partition coefficient (Wildman–Crippen LogP) is 0.665. The van der Waals surface area contributed by atoms with Gasteiger partial charge in [-0.3, -0.25) is 20.4 Å². The van der Waals surface area contributed by atoms with Crippen LogP contribution in [0, 0.1) is 0 Å². The predicted molar refractivity (Wildman–Crippen MR) is 81.9 cm³/mol. The summed E-state index contributed by atoms with van der Waals surface area (Å²) in [6, 6.07) is 3.83. The topological polar surface area (TPSA) is 79.5 Å². The molecule has 0 atom stereocenters. The molecule has 3 N–H and O–H groups in total. The van der Waals surface area contributed by atoms with E-state index in [2.05, 4.69) is 23.1 Å². The van der Waals surface area contributed by atoms with Gasteiger partial charge in [-0.15, -0.1) is 0 Å². The van der Waals surface area contributed by atoms with Crippen molar-refractivity contribution in [2.45, 2.75) is 26.3 Å². The zero-order valence-corrected chi connectivity index (χ0v) is 12.5. The average molecular weight is 301 g/mol. The summed E-state index contributed by atoms with van der Waals surface area (Å²) in [7, 11) is 0. The number of hydrogen-bond acceptors (Lipinski definition) is 4. The zero-order valence-electron chi connectivity index (χ0n) is 12.5. The Labute approximate surface area is 128 Å². The normalized spacial score (nSPS) is 16.9. The fourth-order valence-corrected chi connectivity index (χ4v) is 2.72. The minimum atomic E-state index is -0.395. The molecule has 0 radical (unpaired) electrons. The summed E-state index contributed by atoms with van der Waals surface area (Å²) in [5.41, 5.74) is 7.90. The Bertz CT molecular complexity index is 634. The molecular weight excluding hydrogens is 282 g/mol. The van der Waals surface area contributed by atoms with Crippen LogP contribution in [0.5, 0.6) is 5.75 Å². The Morgan fingerprint density at radius 2 is 1.95 bits per heavy atom. The molecule has 116 valence electrons. The van der Waals surface area contributed by atoms with Gasteiger partial charge in [0.15, 0.2) is 0 Å². The fourth-order valence-electron chi connectivity index (χ4n) is 2.72. The van der Waals surface area contributed by atoms with Crippen molar-refractivity contribution < 1.29 is 14.3 Å². The molecule has 2 amide bonds. The second-order valence-corrected chi connectivity index (χ2v) is 5.35. The molecule has 2 aliphatic rings. The SMILES string of the molecule is CCCOc1ccc(C=C2C(=O)NNC2=O)c2c1CCNC2. The van der Waals surface area contributed by atoms with Gasteiger partial charge in [0.2, 0.25) is 0 Å². The molecule has 22 heavy (non-hydrogen) atoms. The summed E-state index contributed by atoms with van der Waals surface area (Å²) in [4.78, 5) is 23.3. The third-order valence-electron chi connectivity index (χ3n) is 3.82. The molecule has 0 unspecified atom stereocenters. The van der Waals surface area contributed by atoms with Gasteiger partial charge in [0.25, 0.3) is 11.8 Å². The van der Waals surface area contributed by atoms with E-state index in [1.54, 1.807) is 6.08 Å². The third-order valence-corrected chi connectivity index (χ3v) is 3.82. The number of benzene rings is 1. The Hall–Kier alpha value is -2.34. The molecule has 6 nitrogen and oxygen atoms in total. The zero-order chi connectivity index (χ0) is 15.5. The van der Waals surface area contributed by atoms with Crippen LogP contribution in [0.15, 0.2) is 17.7 Å². The van der Waals surface area contributed by atoms with Crippen molar-refractivity contribution in [1.29, 1.82) is 0 Å². The van der Waals surface area contributed by atoms with Crippen molar-refractivity contribution in [3.8, 4) is 5.75 Å². The highest BCUT2D eigenvalue weighted by molar-refractivity contribution is 6.25. The maximum Gasteiger partial charge on any atom is 0.275 e. The Balaban J connectivity index is 2.00. The van der Waals surface area contributed by atoms with Crippen LogP contribution in [0.1, 0.15) is 30.0 Å². The molecular formula is C16H19N3O3. The number of amides is 2. The monoisotopic (exact) mass is 301 g/mol. The molecule has 6 heteroatoms. The minimum absolute atomic E-state index is 0.134. The lowest BCUT2D eigenvalue weighted by Crippen LogP contribution is -2.28. The molecule has 2 heterocycles. The molecule has 2 aliphatic heterocycles. The molecule has 0 spiro atoms. The second kappa shape index (κ2) is 6.19. The smallest absolute Gasteiger partial charge is 0.275 e. The van der Waals surface area contributed by atoms with E-state index in [-0.39, 0.29) is 5.57 Å². The highest BCUT2D eigenvalue weighted by Gasteiger charge is 2.26. The Morgan fingerprint density at radius 3 is 2.68 bits per heavy atom. The largest absolute Gasteiger partial charge is 0.493 e. The van der Waals surface area contributed by atoms with Crippen molar-refractivity contribution in [1.82, 2.24) is 16.2 Å². The van der Waals surface area contributed by atoms with E-state index >= 15 is 0 Å². The summed E-state index contributed by atoms with van der Waals surface area (Å²) >= 11 is 0. The quantitative estimate of drug-likeness (QED) is 0.564. The van der Waals surface area contributed by atoms with Crippen molar-refractivity contribution in [3.05, 3.63) is 34.4 Å². The lowest BCUT2D eigenvalue weighted by Gasteiger charge is -2.22. The number of carbonyl (C=O) groups is 2. The van der Waals surface area contributed by atoms with Gasteiger partial charge in [-0.1, -0.05) is 13.0 Å². The standard InChI is InChI=1S/C16H19N3O3/c1-2-7-22-14-4-3-10(13-9-17-6-5-11(13)14)8-12-15(20)18-19-16(12)21/h3-4,8,17H,2,5-7,9H2,1H3,(H,18,20)(H,19,21). The van der Waals surface area contributed by atoms with E-state index in [1.165, 1.54) is 5.56 Å². The molecule has 1 saturated heterocycles. The molecule has 0 saturated carbocycles. The summed E-state index contributed by atoms with van der Waals surface area (Å²) < 4.78 is 5.81. The van der Waals surface area contributed by atoms with Gasteiger partial charge in [0, 0.05) is 12.1 Å². The van der Waals surface area contributed by atoms with Gasteiger partial charge >= 0.3 is 0 Å². The van der Waals surface area contributed by atoms with Gasteiger partial charge in [0.1, 0.15) is 11.3 Å². The Morgan fingerprint density at radius 1 is 1.18 bits per heavy atom. The number of rotatable bonds is 4. The van der Waals surface area contributed by atoms with E-state index in [0.717, 1.165) is 36.3 Å². The lowest BCUT2D eigenvalue weighted by atomic mass is 9.93. The first-order chi connectivity index (χ1) is 10.7. The van der Waals surface area contributed by atoms with Crippen LogP contribution < -0.4 is 20.9 Å². The summed E-state index contributed by atoms with van der Waals surface area (Å²) in [6.07, 6.45) is 3.48. The summed E-state index contributed by atoms with van der Waals surface area (Å²) in [5.74, 6) is 0.114.